The van der Waals surface area contributed by atoms with E-state index in [0.717, 1.165) is 22.6 Å². The molecule has 0 aliphatic rings. The van der Waals surface area contributed by atoms with Crippen LogP contribution in [0.3, 0.4) is 0 Å². The zero-order valence-electron chi connectivity index (χ0n) is 14.8. The van der Waals surface area contributed by atoms with Crippen molar-refractivity contribution in [1.29, 1.82) is 0 Å². The topological polar surface area (TPSA) is 74.0 Å². The first-order valence-electron chi connectivity index (χ1n) is 8.41. The smallest absolute Gasteiger partial charge is 0.269 e. The van der Waals surface area contributed by atoms with E-state index in [1.165, 1.54) is 0 Å². The van der Waals surface area contributed by atoms with Gasteiger partial charge in [0.05, 0.1) is 36.4 Å². The van der Waals surface area contributed by atoms with E-state index < -0.39 is 0 Å². The Morgan fingerprint density at radius 2 is 2.12 bits per heavy atom. The fraction of sp³-hybridized carbons (Fsp3) is 0.389. The summed E-state index contributed by atoms with van der Waals surface area (Å²) < 4.78 is 9.04. The van der Waals surface area contributed by atoms with Crippen LogP contribution in [0.1, 0.15) is 28.9 Å². The number of hydrogen-bond acceptors (Lipinski definition) is 4. The standard InChI is InChI=1S/C18H23N5O2/c1-4-25-10-9-23-16(11-13(2)21-23)18(24)19-12-17-20-14-7-5-6-8-15(14)22(17)3/h5-8,11H,4,9-10,12H2,1-3H3,(H,19,24). The third kappa shape index (κ3) is 3.71. The molecule has 0 aliphatic carbocycles. The molecule has 0 radical (unpaired) electrons. The second kappa shape index (κ2) is 7.48. The van der Waals surface area contributed by atoms with Crippen LogP contribution in [0.2, 0.25) is 0 Å². The molecule has 1 N–H and O–H groups in total. The van der Waals surface area contributed by atoms with E-state index in [1.807, 2.05) is 49.7 Å². The van der Waals surface area contributed by atoms with Gasteiger partial charge in [-0.1, -0.05) is 12.1 Å². The van der Waals surface area contributed by atoms with E-state index in [2.05, 4.69) is 15.4 Å². The molecule has 7 heteroatoms. The maximum atomic E-state index is 12.6. The van der Waals surface area contributed by atoms with Crippen molar-refractivity contribution in [3.05, 3.63) is 47.5 Å². The molecule has 0 saturated carbocycles. The number of ether oxygens (including phenoxy) is 1. The normalized spacial score (nSPS) is 11.2. The number of hydrogen-bond donors (Lipinski definition) is 1. The zero-order chi connectivity index (χ0) is 17.8. The Morgan fingerprint density at radius 3 is 2.88 bits per heavy atom. The van der Waals surface area contributed by atoms with Crippen LogP contribution in [0.5, 0.6) is 0 Å². The van der Waals surface area contributed by atoms with E-state index in [0.29, 0.717) is 32.0 Å². The van der Waals surface area contributed by atoms with Gasteiger partial charge in [-0.2, -0.15) is 5.10 Å². The molecule has 3 aromatic rings. The second-order valence-electron chi connectivity index (χ2n) is 5.85. The molecule has 0 aliphatic heterocycles. The van der Waals surface area contributed by atoms with Crippen LogP contribution >= 0.6 is 0 Å². The highest BCUT2D eigenvalue weighted by atomic mass is 16.5. The second-order valence-corrected chi connectivity index (χ2v) is 5.85. The number of fused-ring (bicyclic) bond motifs is 1. The molecule has 0 saturated heterocycles. The number of carbonyl (C=O) groups excluding carboxylic acids is 1. The molecule has 25 heavy (non-hydrogen) atoms. The summed E-state index contributed by atoms with van der Waals surface area (Å²) in [6.07, 6.45) is 0. The van der Waals surface area contributed by atoms with Crippen LogP contribution in [0.4, 0.5) is 0 Å². The molecule has 2 aromatic heterocycles. The Morgan fingerprint density at radius 1 is 1.32 bits per heavy atom. The van der Waals surface area contributed by atoms with Crippen LogP contribution in [0.15, 0.2) is 30.3 Å². The van der Waals surface area contributed by atoms with Crippen molar-refractivity contribution in [2.45, 2.75) is 26.9 Å². The van der Waals surface area contributed by atoms with Crippen LogP contribution in [0.25, 0.3) is 11.0 Å². The Kier molecular flexibility index (Phi) is 5.14. The monoisotopic (exact) mass is 341 g/mol. The number of amides is 1. The molecule has 0 fully saturated rings. The van der Waals surface area contributed by atoms with Crippen molar-refractivity contribution in [3.8, 4) is 0 Å². The van der Waals surface area contributed by atoms with Gasteiger partial charge in [0.25, 0.3) is 5.91 Å². The molecule has 0 atom stereocenters. The Balaban J connectivity index is 1.71. The summed E-state index contributed by atoms with van der Waals surface area (Å²) in [4.78, 5) is 17.1. The highest BCUT2D eigenvalue weighted by molar-refractivity contribution is 5.92. The molecule has 1 amide bonds. The first-order chi connectivity index (χ1) is 12.1. The number of imidazole rings is 1. The summed E-state index contributed by atoms with van der Waals surface area (Å²) in [6.45, 7) is 5.91. The quantitative estimate of drug-likeness (QED) is 0.668. The molecule has 0 bridgehead atoms. The van der Waals surface area contributed by atoms with Gasteiger partial charge in [0.1, 0.15) is 11.5 Å². The molecular formula is C18H23N5O2. The van der Waals surface area contributed by atoms with Crippen molar-refractivity contribution >= 4 is 16.9 Å². The molecule has 3 rings (SSSR count). The highest BCUT2D eigenvalue weighted by Crippen LogP contribution is 2.14. The third-order valence-electron chi connectivity index (χ3n) is 4.07. The lowest BCUT2D eigenvalue weighted by Gasteiger charge is -2.08. The van der Waals surface area contributed by atoms with Gasteiger partial charge in [0.15, 0.2) is 0 Å². The summed E-state index contributed by atoms with van der Waals surface area (Å²) in [7, 11) is 1.95. The Hall–Kier alpha value is -2.67. The fourth-order valence-corrected chi connectivity index (χ4v) is 2.80. The number of para-hydroxylation sites is 2. The lowest BCUT2D eigenvalue weighted by atomic mass is 10.3. The van der Waals surface area contributed by atoms with Gasteiger partial charge >= 0.3 is 0 Å². The first-order valence-corrected chi connectivity index (χ1v) is 8.41. The minimum absolute atomic E-state index is 0.163. The van der Waals surface area contributed by atoms with Gasteiger partial charge in [-0.05, 0) is 32.0 Å². The minimum Gasteiger partial charge on any atom is -0.380 e. The SMILES string of the molecule is CCOCCn1nc(C)cc1C(=O)NCc1nc2ccccc2n1C. The van der Waals surface area contributed by atoms with Crippen molar-refractivity contribution in [2.75, 3.05) is 13.2 Å². The maximum absolute atomic E-state index is 12.6. The summed E-state index contributed by atoms with van der Waals surface area (Å²) in [5.74, 6) is 0.649. The molecule has 0 spiro atoms. The lowest BCUT2D eigenvalue weighted by molar-refractivity contribution is 0.0931. The third-order valence-corrected chi connectivity index (χ3v) is 4.07. The lowest BCUT2D eigenvalue weighted by Crippen LogP contribution is -2.27. The summed E-state index contributed by atoms with van der Waals surface area (Å²) in [5, 5.41) is 7.30. The molecular weight excluding hydrogens is 318 g/mol. The number of rotatable bonds is 7. The van der Waals surface area contributed by atoms with Gasteiger partial charge < -0.3 is 14.6 Å². The highest BCUT2D eigenvalue weighted by Gasteiger charge is 2.15. The summed E-state index contributed by atoms with van der Waals surface area (Å²) >= 11 is 0. The predicted molar refractivity (Wildman–Crippen MR) is 95.3 cm³/mol. The number of nitrogens with one attached hydrogen (secondary N) is 1. The van der Waals surface area contributed by atoms with Crippen LogP contribution in [-0.2, 0) is 24.9 Å². The van der Waals surface area contributed by atoms with Crippen molar-refractivity contribution < 1.29 is 9.53 Å². The van der Waals surface area contributed by atoms with E-state index in [-0.39, 0.29) is 5.91 Å². The van der Waals surface area contributed by atoms with Gasteiger partial charge in [0.2, 0.25) is 0 Å². The number of aryl methyl sites for hydroxylation is 2. The largest absolute Gasteiger partial charge is 0.380 e. The molecule has 0 unspecified atom stereocenters. The Labute approximate surface area is 146 Å². The predicted octanol–water partition coefficient (Wildman–Crippen LogP) is 2.04. The number of benzene rings is 1. The van der Waals surface area contributed by atoms with E-state index in [1.54, 1.807) is 10.7 Å². The van der Waals surface area contributed by atoms with Crippen LogP contribution < -0.4 is 5.32 Å². The number of aromatic nitrogens is 4. The average molecular weight is 341 g/mol. The van der Waals surface area contributed by atoms with Gasteiger partial charge in [0, 0.05) is 13.7 Å². The van der Waals surface area contributed by atoms with Gasteiger partial charge in [-0.3, -0.25) is 9.48 Å². The molecule has 1 aromatic carbocycles. The zero-order valence-corrected chi connectivity index (χ0v) is 14.8. The fourth-order valence-electron chi connectivity index (χ4n) is 2.80. The Bertz CT molecular complexity index is 881. The minimum atomic E-state index is -0.163. The van der Waals surface area contributed by atoms with Crippen molar-refractivity contribution in [3.63, 3.8) is 0 Å². The number of nitrogens with zero attached hydrogens (tertiary/aromatic N) is 4. The maximum Gasteiger partial charge on any atom is 0.269 e. The summed E-state index contributed by atoms with van der Waals surface area (Å²) in [5.41, 5.74) is 3.32. The molecule has 132 valence electrons. The van der Waals surface area contributed by atoms with Gasteiger partial charge in [-0.15, -0.1) is 0 Å². The van der Waals surface area contributed by atoms with Crippen molar-refractivity contribution in [2.24, 2.45) is 7.05 Å². The van der Waals surface area contributed by atoms with E-state index >= 15 is 0 Å². The van der Waals surface area contributed by atoms with Gasteiger partial charge in [-0.25, -0.2) is 4.98 Å². The number of carbonyl (C=O) groups is 1. The van der Waals surface area contributed by atoms with E-state index in [4.69, 9.17) is 4.74 Å². The first kappa shape index (κ1) is 17.2. The van der Waals surface area contributed by atoms with Crippen molar-refractivity contribution in [1.82, 2.24) is 24.6 Å². The van der Waals surface area contributed by atoms with Crippen LogP contribution in [0, 0.1) is 6.92 Å². The molecule has 2 heterocycles. The van der Waals surface area contributed by atoms with Crippen LogP contribution in [-0.4, -0.2) is 38.5 Å². The summed E-state index contributed by atoms with van der Waals surface area (Å²) in [6, 6.07) is 9.70. The molecule has 7 nitrogen and oxygen atoms in total. The van der Waals surface area contributed by atoms with E-state index in [9.17, 15) is 4.79 Å². The average Bonchev–Trinajstić information content (AvgIpc) is 3.14.